The van der Waals surface area contributed by atoms with Crippen molar-refractivity contribution in [1.82, 2.24) is 10.2 Å². The average Bonchev–Trinajstić information content (AvgIpc) is 2.72. The molecule has 1 fully saturated rings. The van der Waals surface area contributed by atoms with Crippen LogP contribution in [0.4, 0.5) is 0 Å². The van der Waals surface area contributed by atoms with Crippen LogP contribution in [0.15, 0.2) is 51.9 Å². The largest absolute Gasteiger partial charge is 0.504 e. The molecule has 0 aliphatic carbocycles. The van der Waals surface area contributed by atoms with E-state index in [2.05, 4.69) is 57.5 Å². The number of ether oxygens (including phenoxy) is 1. The number of phenols is 1. The number of halogens is 1. The second kappa shape index (κ2) is 8.46. The van der Waals surface area contributed by atoms with Gasteiger partial charge in [-0.1, -0.05) is 40.2 Å². The summed E-state index contributed by atoms with van der Waals surface area (Å²) < 4.78 is 6.68. The number of likely N-dealkylation sites (tertiary alicyclic amines) is 1. The molecule has 2 N–H and O–H groups in total. The molecule has 0 aromatic heterocycles. The third-order valence-electron chi connectivity index (χ3n) is 5.89. The van der Waals surface area contributed by atoms with Gasteiger partial charge in [0.2, 0.25) is 0 Å². The highest BCUT2D eigenvalue weighted by atomic mass is 79.9. The standard InChI is InChI=1S/C23H28BrN3O2/c1-3-29-21-6-4-5-18(22(21)28)20-15-19(16-7-9-17(24)10-8-16)25-23(26-20)11-13-27(2)14-12-23/h4-10,20,26,28H,3,11-15H2,1-2H3/t20-/m0/s1. The number of rotatable bonds is 4. The third-order valence-corrected chi connectivity index (χ3v) is 6.42. The number of aromatic hydroxyl groups is 1. The van der Waals surface area contributed by atoms with E-state index in [1.807, 2.05) is 25.1 Å². The van der Waals surface area contributed by atoms with Gasteiger partial charge in [0, 0.05) is 41.3 Å². The van der Waals surface area contributed by atoms with E-state index in [-0.39, 0.29) is 17.5 Å². The van der Waals surface area contributed by atoms with Crippen molar-refractivity contribution in [3.05, 3.63) is 58.1 Å². The number of para-hydroxylation sites is 1. The number of hydrogen-bond acceptors (Lipinski definition) is 5. The zero-order chi connectivity index (χ0) is 20.4. The fourth-order valence-electron chi connectivity index (χ4n) is 4.25. The van der Waals surface area contributed by atoms with Gasteiger partial charge in [-0.2, -0.15) is 0 Å². The number of benzene rings is 2. The Kier molecular flexibility index (Phi) is 5.95. The van der Waals surface area contributed by atoms with E-state index in [1.165, 1.54) is 0 Å². The Balaban J connectivity index is 1.72. The fourth-order valence-corrected chi connectivity index (χ4v) is 4.52. The normalized spacial score (nSPS) is 21.8. The van der Waals surface area contributed by atoms with Gasteiger partial charge in [0.25, 0.3) is 0 Å². The van der Waals surface area contributed by atoms with Crippen LogP contribution in [0.25, 0.3) is 0 Å². The molecule has 1 spiro atoms. The average molecular weight is 458 g/mol. The molecule has 4 rings (SSSR count). The molecule has 1 saturated heterocycles. The minimum absolute atomic E-state index is 0.0186. The summed E-state index contributed by atoms with van der Waals surface area (Å²) in [7, 11) is 2.16. The predicted octanol–water partition coefficient (Wildman–Crippen LogP) is 4.50. The molecule has 2 aliphatic heterocycles. The SMILES string of the molecule is CCOc1cccc([C@@H]2CC(c3ccc(Br)cc3)=NC3(CCN(C)CC3)N2)c1O. The van der Waals surface area contributed by atoms with Crippen LogP contribution >= 0.6 is 15.9 Å². The van der Waals surface area contributed by atoms with Gasteiger partial charge in [-0.05, 0) is 50.6 Å². The summed E-state index contributed by atoms with van der Waals surface area (Å²) in [6.45, 7) is 4.46. The van der Waals surface area contributed by atoms with Crippen LogP contribution in [0.3, 0.4) is 0 Å². The van der Waals surface area contributed by atoms with E-state index in [9.17, 15) is 5.11 Å². The molecule has 0 saturated carbocycles. The minimum Gasteiger partial charge on any atom is -0.504 e. The first kappa shape index (κ1) is 20.4. The summed E-state index contributed by atoms with van der Waals surface area (Å²) >= 11 is 3.52. The van der Waals surface area contributed by atoms with E-state index in [0.29, 0.717) is 12.4 Å². The van der Waals surface area contributed by atoms with Gasteiger partial charge in [0.15, 0.2) is 11.5 Å². The van der Waals surface area contributed by atoms with Crippen molar-refractivity contribution < 1.29 is 9.84 Å². The van der Waals surface area contributed by atoms with Crippen LogP contribution in [0.5, 0.6) is 11.5 Å². The number of piperidine rings is 1. The number of aliphatic imine (C=N–C) groups is 1. The molecule has 2 aromatic rings. The van der Waals surface area contributed by atoms with Crippen molar-refractivity contribution in [2.75, 3.05) is 26.7 Å². The first-order valence-corrected chi connectivity index (χ1v) is 11.0. The molecule has 1 atom stereocenters. The van der Waals surface area contributed by atoms with E-state index in [0.717, 1.165) is 53.7 Å². The Bertz CT molecular complexity index is 889. The molecule has 2 aliphatic rings. The van der Waals surface area contributed by atoms with E-state index in [4.69, 9.17) is 9.73 Å². The molecule has 0 radical (unpaired) electrons. The minimum atomic E-state index is -0.300. The van der Waals surface area contributed by atoms with Gasteiger partial charge in [-0.25, -0.2) is 0 Å². The van der Waals surface area contributed by atoms with Crippen LogP contribution in [-0.2, 0) is 0 Å². The topological polar surface area (TPSA) is 57.1 Å². The Morgan fingerprint density at radius 1 is 1.21 bits per heavy atom. The summed E-state index contributed by atoms with van der Waals surface area (Å²) in [6.07, 6.45) is 2.63. The van der Waals surface area contributed by atoms with Gasteiger partial charge in [-0.15, -0.1) is 0 Å². The lowest BCUT2D eigenvalue weighted by Crippen LogP contribution is -2.55. The zero-order valence-corrected chi connectivity index (χ0v) is 18.6. The van der Waals surface area contributed by atoms with Crippen molar-refractivity contribution in [2.24, 2.45) is 4.99 Å². The van der Waals surface area contributed by atoms with Gasteiger partial charge >= 0.3 is 0 Å². The Morgan fingerprint density at radius 2 is 1.93 bits per heavy atom. The lowest BCUT2D eigenvalue weighted by Gasteiger charge is -2.44. The fraction of sp³-hybridized carbons (Fsp3) is 0.435. The van der Waals surface area contributed by atoms with Crippen LogP contribution in [0.1, 0.15) is 43.4 Å². The molecule has 6 heteroatoms. The maximum atomic E-state index is 10.9. The summed E-state index contributed by atoms with van der Waals surface area (Å²) in [5.41, 5.74) is 2.80. The first-order valence-electron chi connectivity index (χ1n) is 10.3. The molecular formula is C23H28BrN3O2. The number of nitrogens with one attached hydrogen (secondary N) is 1. The van der Waals surface area contributed by atoms with Crippen molar-refractivity contribution in [1.29, 1.82) is 0 Å². The quantitative estimate of drug-likeness (QED) is 0.709. The Hall–Kier alpha value is -1.89. The van der Waals surface area contributed by atoms with E-state index >= 15 is 0 Å². The van der Waals surface area contributed by atoms with Crippen LogP contribution in [-0.4, -0.2) is 48.1 Å². The molecule has 29 heavy (non-hydrogen) atoms. The molecule has 0 bridgehead atoms. The number of nitrogens with zero attached hydrogens (tertiary/aromatic N) is 2. The zero-order valence-electron chi connectivity index (χ0n) is 17.0. The summed E-state index contributed by atoms with van der Waals surface area (Å²) in [5, 5.41) is 14.7. The molecule has 2 heterocycles. The van der Waals surface area contributed by atoms with E-state index < -0.39 is 0 Å². The Morgan fingerprint density at radius 3 is 2.62 bits per heavy atom. The van der Waals surface area contributed by atoms with E-state index in [1.54, 1.807) is 0 Å². The van der Waals surface area contributed by atoms with Crippen molar-refractivity contribution in [2.45, 2.75) is 37.9 Å². The molecular weight excluding hydrogens is 430 g/mol. The van der Waals surface area contributed by atoms with Crippen LogP contribution in [0, 0.1) is 0 Å². The lowest BCUT2D eigenvalue weighted by atomic mass is 9.87. The van der Waals surface area contributed by atoms with Crippen molar-refractivity contribution >= 4 is 21.6 Å². The highest BCUT2D eigenvalue weighted by Gasteiger charge is 2.40. The highest BCUT2D eigenvalue weighted by Crippen LogP contribution is 2.40. The highest BCUT2D eigenvalue weighted by molar-refractivity contribution is 9.10. The van der Waals surface area contributed by atoms with Crippen molar-refractivity contribution in [3.8, 4) is 11.5 Å². The molecule has 5 nitrogen and oxygen atoms in total. The molecule has 154 valence electrons. The van der Waals surface area contributed by atoms with Crippen LogP contribution < -0.4 is 10.1 Å². The summed E-state index contributed by atoms with van der Waals surface area (Å²) in [5.74, 6) is 0.768. The van der Waals surface area contributed by atoms with Gasteiger partial charge in [0.05, 0.1) is 6.61 Å². The molecule has 0 amide bonds. The Labute approximate surface area is 180 Å². The second-order valence-electron chi connectivity index (χ2n) is 7.93. The van der Waals surface area contributed by atoms with Crippen LogP contribution in [0.2, 0.25) is 0 Å². The third kappa shape index (κ3) is 4.34. The van der Waals surface area contributed by atoms with Crippen molar-refractivity contribution in [3.63, 3.8) is 0 Å². The van der Waals surface area contributed by atoms with Gasteiger partial charge in [-0.3, -0.25) is 10.3 Å². The first-order chi connectivity index (χ1) is 14.0. The summed E-state index contributed by atoms with van der Waals surface area (Å²) in [4.78, 5) is 7.57. The number of hydrogen-bond donors (Lipinski definition) is 2. The maximum absolute atomic E-state index is 10.9. The number of phenolic OH excluding ortho intramolecular Hbond substituents is 1. The van der Waals surface area contributed by atoms with Gasteiger partial charge in [0.1, 0.15) is 5.66 Å². The molecule has 2 aromatic carbocycles. The molecule has 0 unspecified atom stereocenters. The monoisotopic (exact) mass is 457 g/mol. The summed E-state index contributed by atoms with van der Waals surface area (Å²) in [6, 6.07) is 14.1. The predicted molar refractivity (Wildman–Crippen MR) is 120 cm³/mol. The van der Waals surface area contributed by atoms with Gasteiger partial charge < -0.3 is 14.7 Å². The second-order valence-corrected chi connectivity index (χ2v) is 8.84. The maximum Gasteiger partial charge on any atom is 0.162 e. The smallest absolute Gasteiger partial charge is 0.162 e. The lowest BCUT2D eigenvalue weighted by molar-refractivity contribution is 0.144.